The zero-order valence-corrected chi connectivity index (χ0v) is 15.6. The number of hydrogen-bond acceptors (Lipinski definition) is 6. The summed E-state index contributed by atoms with van der Waals surface area (Å²) >= 11 is 0. The molecule has 0 aromatic carbocycles. The molecule has 4 rings (SSSR count). The van der Waals surface area contributed by atoms with Gasteiger partial charge in [-0.3, -0.25) is 9.58 Å². The Labute approximate surface area is 159 Å². The summed E-state index contributed by atoms with van der Waals surface area (Å²) in [4.78, 5) is 15.6. The first-order valence-electron chi connectivity index (χ1n) is 9.44. The number of piperidine rings is 1. The summed E-state index contributed by atoms with van der Waals surface area (Å²) in [5.74, 6) is 2.20. The molecule has 0 spiro atoms. The van der Waals surface area contributed by atoms with Crippen molar-refractivity contribution in [1.29, 1.82) is 0 Å². The predicted molar refractivity (Wildman–Crippen MR) is 104 cm³/mol. The van der Waals surface area contributed by atoms with Gasteiger partial charge in [-0.2, -0.15) is 5.10 Å². The van der Waals surface area contributed by atoms with Crippen LogP contribution in [-0.4, -0.2) is 42.7 Å². The lowest BCUT2D eigenvalue weighted by Crippen LogP contribution is -2.36. The van der Waals surface area contributed by atoms with E-state index >= 15 is 0 Å². The van der Waals surface area contributed by atoms with E-state index in [1.807, 2.05) is 42.2 Å². The quantitative estimate of drug-likeness (QED) is 0.726. The molecule has 4 heterocycles. The van der Waals surface area contributed by atoms with Gasteiger partial charge in [0.25, 0.3) is 0 Å². The Kier molecular flexibility index (Phi) is 5.39. The second-order valence-corrected chi connectivity index (χ2v) is 7.13. The van der Waals surface area contributed by atoms with Crippen LogP contribution in [0.2, 0.25) is 0 Å². The Morgan fingerprint density at radius 1 is 1.11 bits per heavy atom. The second-order valence-electron chi connectivity index (χ2n) is 7.13. The Balaban J connectivity index is 1.37. The first-order chi connectivity index (χ1) is 13.3. The highest BCUT2D eigenvalue weighted by molar-refractivity contribution is 5.50. The van der Waals surface area contributed by atoms with Gasteiger partial charge in [0.2, 0.25) is 0 Å². The highest BCUT2D eigenvalue weighted by atomic mass is 15.3. The van der Waals surface area contributed by atoms with Crippen LogP contribution in [0.1, 0.15) is 24.2 Å². The van der Waals surface area contributed by atoms with Crippen molar-refractivity contribution >= 4 is 11.6 Å². The van der Waals surface area contributed by atoms with E-state index in [-0.39, 0.29) is 0 Å². The molecule has 3 aromatic rings. The zero-order valence-electron chi connectivity index (χ0n) is 15.6. The molecule has 1 fully saturated rings. The SMILES string of the molecule is Cn1nccc1CN1CCCC(Cc2cc(Nc3ccccn3)ncn2)C1. The van der Waals surface area contributed by atoms with Gasteiger partial charge in [0.05, 0.1) is 5.69 Å². The summed E-state index contributed by atoms with van der Waals surface area (Å²) in [6.45, 7) is 3.21. The van der Waals surface area contributed by atoms with Crippen LogP contribution in [0.5, 0.6) is 0 Å². The highest BCUT2D eigenvalue weighted by Gasteiger charge is 2.21. The largest absolute Gasteiger partial charge is 0.325 e. The summed E-state index contributed by atoms with van der Waals surface area (Å²) in [7, 11) is 2.01. The molecule has 0 saturated carbocycles. The third-order valence-electron chi connectivity index (χ3n) is 5.05. The van der Waals surface area contributed by atoms with Gasteiger partial charge in [-0.25, -0.2) is 15.0 Å². The Bertz CT molecular complexity index is 862. The van der Waals surface area contributed by atoms with E-state index in [0.717, 1.165) is 43.4 Å². The smallest absolute Gasteiger partial charge is 0.135 e. The Morgan fingerprint density at radius 3 is 2.89 bits per heavy atom. The number of pyridine rings is 1. The summed E-state index contributed by atoms with van der Waals surface area (Å²) in [5, 5.41) is 7.52. The second kappa shape index (κ2) is 8.26. The topological polar surface area (TPSA) is 71.8 Å². The summed E-state index contributed by atoms with van der Waals surface area (Å²) in [5.41, 5.74) is 2.34. The fourth-order valence-electron chi connectivity index (χ4n) is 3.69. The molecule has 27 heavy (non-hydrogen) atoms. The fraction of sp³-hybridized carbons (Fsp3) is 0.400. The third kappa shape index (κ3) is 4.68. The first kappa shape index (κ1) is 17.6. The third-order valence-corrected chi connectivity index (χ3v) is 5.05. The lowest BCUT2D eigenvalue weighted by molar-refractivity contribution is 0.163. The van der Waals surface area contributed by atoms with E-state index < -0.39 is 0 Å². The van der Waals surface area contributed by atoms with Crippen molar-refractivity contribution in [1.82, 2.24) is 29.6 Å². The van der Waals surface area contributed by atoms with Crippen LogP contribution < -0.4 is 5.32 Å². The van der Waals surface area contributed by atoms with Gasteiger partial charge in [-0.1, -0.05) is 6.07 Å². The van der Waals surface area contributed by atoms with Gasteiger partial charge >= 0.3 is 0 Å². The van der Waals surface area contributed by atoms with Crippen molar-refractivity contribution < 1.29 is 0 Å². The molecule has 0 radical (unpaired) electrons. The molecule has 0 bridgehead atoms. The first-order valence-corrected chi connectivity index (χ1v) is 9.44. The molecule has 7 nitrogen and oxygen atoms in total. The maximum absolute atomic E-state index is 4.49. The molecular formula is C20H25N7. The van der Waals surface area contributed by atoms with Gasteiger partial charge in [0, 0.05) is 44.3 Å². The van der Waals surface area contributed by atoms with E-state index in [9.17, 15) is 0 Å². The molecule has 140 valence electrons. The average molecular weight is 363 g/mol. The van der Waals surface area contributed by atoms with Crippen molar-refractivity contribution in [2.45, 2.75) is 25.8 Å². The van der Waals surface area contributed by atoms with E-state index in [4.69, 9.17) is 0 Å². The van der Waals surface area contributed by atoms with Crippen LogP contribution in [0, 0.1) is 5.92 Å². The standard InChI is InChI=1S/C20H25N7/c1-26-18(7-9-24-26)14-27-10-4-5-16(13-27)11-17-12-20(23-15-22-17)25-19-6-2-3-8-21-19/h2-3,6-9,12,15-16H,4-5,10-11,13-14H2,1H3,(H,21,22,23,25). The molecule has 1 saturated heterocycles. The van der Waals surface area contributed by atoms with Gasteiger partial charge in [-0.15, -0.1) is 0 Å². The minimum absolute atomic E-state index is 0.615. The van der Waals surface area contributed by atoms with Crippen molar-refractivity contribution in [2.24, 2.45) is 13.0 Å². The predicted octanol–water partition coefficient (Wildman–Crippen LogP) is 2.80. The number of likely N-dealkylation sites (tertiary alicyclic amines) is 1. The van der Waals surface area contributed by atoms with Crippen molar-refractivity contribution in [2.75, 3.05) is 18.4 Å². The number of hydrogen-bond donors (Lipinski definition) is 1. The Hall–Kier alpha value is -2.80. The molecule has 1 N–H and O–H groups in total. The van der Waals surface area contributed by atoms with Crippen LogP contribution in [-0.2, 0) is 20.0 Å². The number of anilines is 2. The molecular weight excluding hydrogens is 338 g/mol. The maximum atomic E-state index is 4.49. The van der Waals surface area contributed by atoms with E-state index in [0.29, 0.717) is 5.92 Å². The van der Waals surface area contributed by atoms with Gasteiger partial charge in [0.15, 0.2) is 0 Å². The minimum atomic E-state index is 0.615. The van der Waals surface area contributed by atoms with Crippen LogP contribution in [0.4, 0.5) is 11.6 Å². The molecule has 1 atom stereocenters. The number of nitrogens with one attached hydrogen (secondary N) is 1. The van der Waals surface area contributed by atoms with Crippen LogP contribution >= 0.6 is 0 Å². The van der Waals surface area contributed by atoms with Crippen molar-refractivity contribution in [3.63, 3.8) is 0 Å². The van der Waals surface area contributed by atoms with Gasteiger partial charge < -0.3 is 5.32 Å². The number of aryl methyl sites for hydroxylation is 1. The average Bonchev–Trinajstić information content (AvgIpc) is 3.08. The van der Waals surface area contributed by atoms with Crippen LogP contribution in [0.15, 0.2) is 49.1 Å². The fourth-order valence-corrected chi connectivity index (χ4v) is 3.69. The van der Waals surface area contributed by atoms with E-state index in [1.165, 1.54) is 18.5 Å². The summed E-state index contributed by atoms with van der Waals surface area (Å²) < 4.78 is 1.96. The molecule has 3 aromatic heterocycles. The number of aromatic nitrogens is 5. The van der Waals surface area contributed by atoms with E-state index in [2.05, 4.69) is 36.3 Å². The zero-order chi connectivity index (χ0) is 18.5. The van der Waals surface area contributed by atoms with Crippen LogP contribution in [0.3, 0.4) is 0 Å². The molecule has 0 amide bonds. The maximum Gasteiger partial charge on any atom is 0.135 e. The molecule has 1 aliphatic heterocycles. The normalized spacial score (nSPS) is 17.7. The lowest BCUT2D eigenvalue weighted by atomic mass is 9.93. The van der Waals surface area contributed by atoms with Gasteiger partial charge in [0.1, 0.15) is 18.0 Å². The lowest BCUT2D eigenvalue weighted by Gasteiger charge is -2.32. The van der Waals surface area contributed by atoms with Crippen LogP contribution in [0.25, 0.3) is 0 Å². The monoisotopic (exact) mass is 363 g/mol. The molecule has 0 aliphatic carbocycles. The summed E-state index contributed by atoms with van der Waals surface area (Å²) in [6.07, 6.45) is 8.72. The molecule has 1 unspecified atom stereocenters. The van der Waals surface area contributed by atoms with Gasteiger partial charge in [-0.05, 0) is 49.9 Å². The molecule has 7 heteroatoms. The number of rotatable bonds is 6. The summed E-state index contributed by atoms with van der Waals surface area (Å²) in [6, 6.07) is 9.92. The molecule has 1 aliphatic rings. The number of nitrogens with zero attached hydrogens (tertiary/aromatic N) is 6. The van der Waals surface area contributed by atoms with Crippen molar-refractivity contribution in [3.8, 4) is 0 Å². The highest BCUT2D eigenvalue weighted by Crippen LogP contribution is 2.22. The van der Waals surface area contributed by atoms with E-state index in [1.54, 1.807) is 12.5 Å². The Morgan fingerprint density at radius 2 is 2.07 bits per heavy atom. The van der Waals surface area contributed by atoms with Crippen molar-refractivity contribution in [3.05, 3.63) is 60.4 Å². The minimum Gasteiger partial charge on any atom is -0.325 e.